The van der Waals surface area contributed by atoms with Gasteiger partial charge in [0.1, 0.15) is 5.75 Å². The van der Waals surface area contributed by atoms with Gasteiger partial charge >= 0.3 is 0 Å². The number of fused-ring (bicyclic) bond motifs is 1. The van der Waals surface area contributed by atoms with Gasteiger partial charge in [-0.1, -0.05) is 62.4 Å². The van der Waals surface area contributed by atoms with Gasteiger partial charge in [0.25, 0.3) is 0 Å². The van der Waals surface area contributed by atoms with Gasteiger partial charge in [-0.05, 0) is 65.8 Å². The number of benzene rings is 3. The zero-order valence-corrected chi connectivity index (χ0v) is 15.6. The van der Waals surface area contributed by atoms with Crippen LogP contribution in [0.4, 0.5) is 0 Å². The van der Waals surface area contributed by atoms with Crippen LogP contribution in [0.25, 0.3) is 10.8 Å². The Hall–Kier alpha value is -2.28. The normalized spacial score (nSPS) is 11.2. The molecule has 0 atom stereocenters. The molecule has 0 saturated heterocycles. The van der Waals surface area contributed by atoms with E-state index in [0.29, 0.717) is 0 Å². The molecule has 0 radical (unpaired) electrons. The fourth-order valence-corrected chi connectivity index (χ4v) is 3.41. The number of aryl methyl sites for hydroxylation is 3. The van der Waals surface area contributed by atoms with Crippen LogP contribution in [0.15, 0.2) is 60.7 Å². The van der Waals surface area contributed by atoms with Crippen molar-refractivity contribution in [3.8, 4) is 5.75 Å². The third-order valence-electron chi connectivity index (χ3n) is 4.86. The van der Waals surface area contributed by atoms with E-state index in [4.69, 9.17) is 4.74 Å². The fraction of sp³-hybridized carbons (Fsp3) is 0.333. The molecule has 3 rings (SSSR count). The lowest BCUT2D eigenvalue weighted by molar-refractivity contribution is 0.420. The Balaban J connectivity index is 1.96. The highest BCUT2D eigenvalue weighted by atomic mass is 16.5. The number of hydrogen-bond acceptors (Lipinski definition) is 1. The van der Waals surface area contributed by atoms with E-state index in [1.165, 1.54) is 33.9 Å². The van der Waals surface area contributed by atoms with E-state index in [2.05, 4.69) is 74.5 Å². The Morgan fingerprint density at radius 3 is 2.28 bits per heavy atom. The molecule has 0 aliphatic rings. The lowest BCUT2D eigenvalue weighted by Gasteiger charge is -2.14. The summed E-state index contributed by atoms with van der Waals surface area (Å²) in [6.07, 6.45) is 4.48. The number of ether oxygens (including phenoxy) is 1. The summed E-state index contributed by atoms with van der Waals surface area (Å²) in [5.74, 6) is 1.70. The standard InChI is InChI=1S/C24H28O/c1-18(2)12-13-20-16-21(15-14-19-8-5-4-6-9-19)22-10-7-11-24(25-3)23(22)17-20/h4-11,16-18H,12-15H2,1-3H3. The van der Waals surface area contributed by atoms with Crippen LogP contribution in [0.3, 0.4) is 0 Å². The van der Waals surface area contributed by atoms with Crippen molar-refractivity contribution in [2.45, 2.75) is 39.5 Å². The molecule has 0 heterocycles. The second kappa shape index (κ2) is 8.20. The average molecular weight is 332 g/mol. The molecule has 1 heteroatoms. The lowest BCUT2D eigenvalue weighted by atomic mass is 9.93. The Kier molecular flexibility index (Phi) is 5.75. The highest BCUT2D eigenvalue weighted by molar-refractivity contribution is 5.91. The van der Waals surface area contributed by atoms with Gasteiger partial charge in [0.15, 0.2) is 0 Å². The summed E-state index contributed by atoms with van der Waals surface area (Å²) in [5, 5.41) is 2.57. The van der Waals surface area contributed by atoms with Crippen LogP contribution in [-0.2, 0) is 19.3 Å². The molecule has 0 unspecified atom stereocenters. The van der Waals surface area contributed by atoms with Crippen molar-refractivity contribution in [3.05, 3.63) is 77.4 Å². The zero-order valence-electron chi connectivity index (χ0n) is 15.6. The molecular weight excluding hydrogens is 304 g/mol. The van der Waals surface area contributed by atoms with Crippen molar-refractivity contribution in [3.63, 3.8) is 0 Å². The minimum Gasteiger partial charge on any atom is -0.496 e. The van der Waals surface area contributed by atoms with Crippen molar-refractivity contribution in [1.82, 2.24) is 0 Å². The number of hydrogen-bond donors (Lipinski definition) is 0. The first-order valence-electron chi connectivity index (χ1n) is 9.30. The molecule has 130 valence electrons. The first-order chi connectivity index (χ1) is 12.2. The minimum atomic E-state index is 0.723. The fourth-order valence-electron chi connectivity index (χ4n) is 3.41. The molecular formula is C24H28O. The molecule has 1 nitrogen and oxygen atoms in total. The quantitative estimate of drug-likeness (QED) is 0.499. The molecule has 3 aromatic carbocycles. The van der Waals surface area contributed by atoms with Gasteiger partial charge in [0, 0.05) is 5.39 Å². The van der Waals surface area contributed by atoms with E-state index in [9.17, 15) is 0 Å². The molecule has 25 heavy (non-hydrogen) atoms. The zero-order chi connectivity index (χ0) is 17.6. The van der Waals surface area contributed by atoms with E-state index in [1.807, 2.05) is 0 Å². The summed E-state index contributed by atoms with van der Waals surface area (Å²) >= 11 is 0. The second-order valence-corrected chi connectivity index (χ2v) is 7.23. The molecule has 3 aromatic rings. The largest absolute Gasteiger partial charge is 0.496 e. The van der Waals surface area contributed by atoms with Crippen molar-refractivity contribution < 1.29 is 4.74 Å². The maximum atomic E-state index is 5.63. The lowest BCUT2D eigenvalue weighted by Crippen LogP contribution is -1.98. The molecule has 0 amide bonds. The average Bonchev–Trinajstić information content (AvgIpc) is 2.64. The molecule has 0 aliphatic carbocycles. The van der Waals surface area contributed by atoms with Crippen LogP contribution in [0.5, 0.6) is 5.75 Å². The van der Waals surface area contributed by atoms with E-state index in [0.717, 1.165) is 30.9 Å². The van der Waals surface area contributed by atoms with Gasteiger partial charge in [-0.2, -0.15) is 0 Å². The second-order valence-electron chi connectivity index (χ2n) is 7.23. The van der Waals surface area contributed by atoms with Crippen molar-refractivity contribution in [1.29, 1.82) is 0 Å². The first kappa shape index (κ1) is 17.5. The topological polar surface area (TPSA) is 9.23 Å². The predicted octanol–water partition coefficient (Wildman–Crippen LogP) is 6.22. The highest BCUT2D eigenvalue weighted by Gasteiger charge is 2.09. The Morgan fingerprint density at radius 1 is 0.760 bits per heavy atom. The van der Waals surface area contributed by atoms with Crippen molar-refractivity contribution in [2.24, 2.45) is 5.92 Å². The molecule has 0 N–H and O–H groups in total. The molecule has 0 bridgehead atoms. The van der Waals surface area contributed by atoms with Crippen LogP contribution in [-0.4, -0.2) is 7.11 Å². The van der Waals surface area contributed by atoms with Gasteiger partial charge in [-0.3, -0.25) is 0 Å². The summed E-state index contributed by atoms with van der Waals surface area (Å²) in [4.78, 5) is 0. The van der Waals surface area contributed by atoms with Crippen molar-refractivity contribution in [2.75, 3.05) is 7.11 Å². The van der Waals surface area contributed by atoms with Crippen LogP contribution >= 0.6 is 0 Å². The van der Waals surface area contributed by atoms with Gasteiger partial charge in [-0.25, -0.2) is 0 Å². The number of methoxy groups -OCH3 is 1. The van der Waals surface area contributed by atoms with E-state index in [1.54, 1.807) is 7.11 Å². The first-order valence-corrected chi connectivity index (χ1v) is 9.30. The summed E-state index contributed by atoms with van der Waals surface area (Å²) < 4.78 is 5.63. The minimum absolute atomic E-state index is 0.723. The smallest absolute Gasteiger partial charge is 0.126 e. The molecule has 0 aliphatic heterocycles. The third-order valence-corrected chi connectivity index (χ3v) is 4.86. The molecule has 0 saturated carbocycles. The summed E-state index contributed by atoms with van der Waals surface area (Å²) in [6, 6.07) is 21.9. The Bertz CT molecular complexity index is 818. The van der Waals surface area contributed by atoms with Crippen LogP contribution in [0, 0.1) is 5.92 Å². The van der Waals surface area contributed by atoms with Crippen LogP contribution in [0.1, 0.15) is 37.0 Å². The van der Waals surface area contributed by atoms with E-state index >= 15 is 0 Å². The monoisotopic (exact) mass is 332 g/mol. The third kappa shape index (κ3) is 4.42. The summed E-state index contributed by atoms with van der Waals surface area (Å²) in [7, 11) is 1.76. The number of rotatable bonds is 7. The van der Waals surface area contributed by atoms with Crippen molar-refractivity contribution >= 4 is 10.8 Å². The summed E-state index contributed by atoms with van der Waals surface area (Å²) in [6.45, 7) is 4.58. The highest BCUT2D eigenvalue weighted by Crippen LogP contribution is 2.31. The van der Waals surface area contributed by atoms with E-state index in [-0.39, 0.29) is 0 Å². The maximum absolute atomic E-state index is 5.63. The van der Waals surface area contributed by atoms with Crippen LogP contribution < -0.4 is 4.74 Å². The Morgan fingerprint density at radius 2 is 1.56 bits per heavy atom. The Labute approximate surface area is 151 Å². The molecule has 0 spiro atoms. The maximum Gasteiger partial charge on any atom is 0.126 e. The summed E-state index contributed by atoms with van der Waals surface area (Å²) in [5.41, 5.74) is 4.25. The SMILES string of the molecule is COc1cccc2c(CCc3ccccc3)cc(CCC(C)C)cc12. The van der Waals surface area contributed by atoms with Gasteiger partial charge in [0.05, 0.1) is 7.11 Å². The van der Waals surface area contributed by atoms with E-state index < -0.39 is 0 Å². The molecule has 0 aromatic heterocycles. The van der Waals surface area contributed by atoms with Gasteiger partial charge in [-0.15, -0.1) is 0 Å². The predicted molar refractivity (Wildman–Crippen MR) is 108 cm³/mol. The van der Waals surface area contributed by atoms with Gasteiger partial charge < -0.3 is 4.74 Å². The van der Waals surface area contributed by atoms with Crippen LogP contribution in [0.2, 0.25) is 0 Å². The van der Waals surface area contributed by atoms with Gasteiger partial charge in [0.2, 0.25) is 0 Å². The molecule has 0 fully saturated rings.